The van der Waals surface area contributed by atoms with E-state index in [-0.39, 0.29) is 31.1 Å². The van der Waals surface area contributed by atoms with E-state index in [0.29, 0.717) is 19.3 Å². The van der Waals surface area contributed by atoms with Gasteiger partial charge in [0.1, 0.15) is 13.2 Å². The lowest BCUT2D eigenvalue weighted by molar-refractivity contribution is -0.167. The van der Waals surface area contributed by atoms with Gasteiger partial charge in [-0.3, -0.25) is 14.4 Å². The molecule has 0 bridgehead atoms. The molecule has 408 valence electrons. The summed E-state index contributed by atoms with van der Waals surface area (Å²) in [5.74, 6) is -0.846. The second kappa shape index (κ2) is 58.7. The topological polar surface area (TPSA) is 78.9 Å². The van der Waals surface area contributed by atoms with Gasteiger partial charge in [-0.05, 0) is 44.9 Å². The number of ether oxygens (including phenoxy) is 3. The first-order chi connectivity index (χ1) is 34.0. The average molecular weight is 974 g/mol. The van der Waals surface area contributed by atoms with Crippen molar-refractivity contribution in [2.45, 2.75) is 361 Å². The maximum Gasteiger partial charge on any atom is 0.306 e. The van der Waals surface area contributed by atoms with E-state index in [1.54, 1.807) is 0 Å². The molecule has 0 aromatic rings. The Morgan fingerprint density at radius 3 is 0.725 bits per heavy atom. The van der Waals surface area contributed by atoms with Crippen molar-refractivity contribution in [3.8, 4) is 0 Å². The molecule has 0 saturated heterocycles. The summed E-state index contributed by atoms with van der Waals surface area (Å²) in [6.45, 7) is 6.70. The molecule has 0 heterocycles. The fourth-order valence-corrected chi connectivity index (χ4v) is 9.56. The van der Waals surface area contributed by atoms with Gasteiger partial charge in [0.2, 0.25) is 0 Å². The van der Waals surface area contributed by atoms with E-state index in [0.717, 1.165) is 64.2 Å². The molecule has 0 aromatic heterocycles. The SMILES string of the molecule is CCCCCCC/C=C\CCCCCCCC(=O)OCC(COC(=O)CCCCCCCCCCCCCCCCCCCCC)OC(=O)CCCCCCCCCCCCCCCCCCCC. The zero-order chi connectivity index (χ0) is 50.0. The molecular formula is C63H120O6. The Bertz CT molecular complexity index is 1070. The van der Waals surface area contributed by atoms with Crippen molar-refractivity contribution in [3.05, 3.63) is 12.2 Å². The zero-order valence-electron chi connectivity index (χ0n) is 46.9. The summed E-state index contributed by atoms with van der Waals surface area (Å²) in [5.41, 5.74) is 0. The first kappa shape index (κ1) is 67.1. The lowest BCUT2D eigenvalue weighted by Gasteiger charge is -2.18. The highest BCUT2D eigenvalue weighted by Gasteiger charge is 2.19. The summed E-state index contributed by atoms with van der Waals surface area (Å²) in [5, 5.41) is 0. The number of carbonyl (C=O) groups excluding carboxylic acids is 3. The molecule has 0 aromatic carbocycles. The fourth-order valence-electron chi connectivity index (χ4n) is 9.56. The van der Waals surface area contributed by atoms with Crippen LogP contribution in [0.2, 0.25) is 0 Å². The molecule has 69 heavy (non-hydrogen) atoms. The van der Waals surface area contributed by atoms with Crippen LogP contribution in [0.1, 0.15) is 355 Å². The average Bonchev–Trinajstić information content (AvgIpc) is 3.35. The van der Waals surface area contributed by atoms with Crippen molar-refractivity contribution >= 4 is 17.9 Å². The Morgan fingerprint density at radius 1 is 0.275 bits per heavy atom. The van der Waals surface area contributed by atoms with Crippen molar-refractivity contribution in [2.24, 2.45) is 0 Å². The van der Waals surface area contributed by atoms with Crippen LogP contribution in [0.25, 0.3) is 0 Å². The Morgan fingerprint density at radius 2 is 0.478 bits per heavy atom. The zero-order valence-corrected chi connectivity index (χ0v) is 46.9. The summed E-state index contributed by atoms with van der Waals surface area (Å²) in [6.07, 6.45) is 67.8. The number of hydrogen-bond acceptors (Lipinski definition) is 6. The summed E-state index contributed by atoms with van der Waals surface area (Å²) in [7, 11) is 0. The van der Waals surface area contributed by atoms with Crippen molar-refractivity contribution in [1.29, 1.82) is 0 Å². The Labute approximate surface area is 431 Å². The first-order valence-corrected chi connectivity index (χ1v) is 31.2. The normalized spacial score (nSPS) is 12.0. The van der Waals surface area contributed by atoms with Gasteiger partial charge >= 0.3 is 17.9 Å². The minimum Gasteiger partial charge on any atom is -0.462 e. The molecule has 0 aliphatic rings. The highest BCUT2D eigenvalue weighted by atomic mass is 16.6. The van der Waals surface area contributed by atoms with Gasteiger partial charge in [-0.1, -0.05) is 303 Å². The van der Waals surface area contributed by atoms with Crippen LogP contribution in [0.5, 0.6) is 0 Å². The highest BCUT2D eigenvalue weighted by molar-refractivity contribution is 5.71. The molecule has 0 spiro atoms. The number of allylic oxidation sites excluding steroid dienone is 2. The standard InChI is InChI=1S/C63H120O6/c1-4-7-10-13-16-19-22-25-28-30-32-34-35-38-41-44-47-50-53-56-62(65)68-59-60(58-67-61(64)55-52-49-46-43-40-37-27-24-21-18-15-12-9-6-3)69-63(66)57-54-51-48-45-42-39-36-33-31-29-26-23-20-17-14-11-8-5-2/h24,27,60H,4-23,25-26,28-59H2,1-3H3/b27-24-. The molecule has 6 heteroatoms. The first-order valence-electron chi connectivity index (χ1n) is 31.2. The number of rotatable bonds is 58. The molecule has 0 aliphatic carbocycles. The van der Waals surface area contributed by atoms with Gasteiger partial charge < -0.3 is 14.2 Å². The van der Waals surface area contributed by atoms with Crippen LogP contribution in [0, 0.1) is 0 Å². The third kappa shape index (κ3) is 56.9. The third-order valence-electron chi connectivity index (χ3n) is 14.3. The van der Waals surface area contributed by atoms with Crippen molar-refractivity contribution < 1.29 is 28.6 Å². The largest absolute Gasteiger partial charge is 0.462 e. The predicted octanol–water partition coefficient (Wildman–Crippen LogP) is 20.9. The van der Waals surface area contributed by atoms with Crippen LogP contribution in [0.4, 0.5) is 0 Å². The van der Waals surface area contributed by atoms with Crippen LogP contribution in [0.3, 0.4) is 0 Å². The summed E-state index contributed by atoms with van der Waals surface area (Å²) < 4.78 is 16.9. The minimum atomic E-state index is -0.768. The van der Waals surface area contributed by atoms with Crippen molar-refractivity contribution in [2.75, 3.05) is 13.2 Å². The molecular weight excluding hydrogens is 853 g/mol. The van der Waals surface area contributed by atoms with Gasteiger partial charge in [0, 0.05) is 19.3 Å². The Balaban J connectivity index is 4.29. The van der Waals surface area contributed by atoms with E-state index in [9.17, 15) is 14.4 Å². The molecule has 0 radical (unpaired) electrons. The second-order valence-corrected chi connectivity index (χ2v) is 21.3. The van der Waals surface area contributed by atoms with E-state index in [1.807, 2.05) is 0 Å². The van der Waals surface area contributed by atoms with Crippen LogP contribution in [-0.4, -0.2) is 37.2 Å². The number of unbranched alkanes of at least 4 members (excludes halogenated alkanes) is 45. The van der Waals surface area contributed by atoms with E-state index in [4.69, 9.17) is 14.2 Å². The quantitative estimate of drug-likeness (QED) is 0.0261. The van der Waals surface area contributed by atoms with E-state index >= 15 is 0 Å². The second-order valence-electron chi connectivity index (χ2n) is 21.3. The molecule has 1 unspecified atom stereocenters. The van der Waals surface area contributed by atoms with Gasteiger partial charge in [-0.2, -0.15) is 0 Å². The summed E-state index contributed by atoms with van der Waals surface area (Å²) in [4.78, 5) is 38.2. The molecule has 1 atom stereocenters. The van der Waals surface area contributed by atoms with E-state index in [2.05, 4.69) is 32.9 Å². The monoisotopic (exact) mass is 973 g/mol. The number of carbonyl (C=O) groups is 3. The molecule has 0 amide bonds. The lowest BCUT2D eigenvalue weighted by atomic mass is 10.0. The van der Waals surface area contributed by atoms with E-state index in [1.165, 1.54) is 250 Å². The lowest BCUT2D eigenvalue weighted by Crippen LogP contribution is -2.30. The minimum absolute atomic E-state index is 0.0661. The van der Waals surface area contributed by atoms with Crippen LogP contribution < -0.4 is 0 Å². The predicted molar refractivity (Wildman–Crippen MR) is 298 cm³/mol. The van der Waals surface area contributed by atoms with Gasteiger partial charge in [0.25, 0.3) is 0 Å². The number of hydrogen-bond donors (Lipinski definition) is 0. The van der Waals surface area contributed by atoms with Gasteiger partial charge in [-0.15, -0.1) is 0 Å². The molecule has 6 nitrogen and oxygen atoms in total. The van der Waals surface area contributed by atoms with E-state index < -0.39 is 6.10 Å². The van der Waals surface area contributed by atoms with Crippen LogP contribution in [-0.2, 0) is 28.6 Å². The molecule has 0 saturated carbocycles. The Kier molecular flexibility index (Phi) is 57.1. The van der Waals surface area contributed by atoms with Gasteiger partial charge in [-0.25, -0.2) is 0 Å². The summed E-state index contributed by atoms with van der Waals surface area (Å²) >= 11 is 0. The maximum atomic E-state index is 12.9. The Hall–Kier alpha value is -1.85. The smallest absolute Gasteiger partial charge is 0.306 e. The third-order valence-corrected chi connectivity index (χ3v) is 14.3. The summed E-state index contributed by atoms with van der Waals surface area (Å²) in [6, 6.07) is 0. The molecule has 0 aliphatic heterocycles. The van der Waals surface area contributed by atoms with Crippen molar-refractivity contribution in [1.82, 2.24) is 0 Å². The maximum absolute atomic E-state index is 12.9. The fraction of sp³-hybridized carbons (Fsp3) is 0.921. The van der Waals surface area contributed by atoms with Crippen LogP contribution in [0.15, 0.2) is 12.2 Å². The van der Waals surface area contributed by atoms with Gasteiger partial charge in [0.05, 0.1) is 0 Å². The highest BCUT2D eigenvalue weighted by Crippen LogP contribution is 2.18. The van der Waals surface area contributed by atoms with Gasteiger partial charge in [0.15, 0.2) is 6.10 Å². The molecule has 0 fully saturated rings. The number of esters is 3. The molecule has 0 rings (SSSR count). The van der Waals surface area contributed by atoms with Crippen molar-refractivity contribution in [3.63, 3.8) is 0 Å². The molecule has 0 N–H and O–H groups in total. The van der Waals surface area contributed by atoms with Crippen LogP contribution >= 0.6 is 0 Å².